The van der Waals surface area contributed by atoms with E-state index in [0.717, 1.165) is 17.2 Å². The molecule has 9 nitrogen and oxygen atoms in total. The maximum Gasteiger partial charge on any atom is 0.243 e. The number of nitrogens with one attached hydrogen (secondary N) is 1. The molecule has 0 aromatic heterocycles. The summed E-state index contributed by atoms with van der Waals surface area (Å²) in [5.74, 6) is 0.473. The number of aliphatic hydroxyl groups is 1. The molecule has 0 radical (unpaired) electrons. The molecule has 2 N–H and O–H groups in total. The first kappa shape index (κ1) is 30.9. The molecule has 2 fully saturated rings. The van der Waals surface area contributed by atoms with Crippen LogP contribution in [0.25, 0.3) is 10.8 Å². The molecule has 2 saturated heterocycles. The first-order valence-corrected chi connectivity index (χ1v) is 17.6. The van der Waals surface area contributed by atoms with E-state index in [1.807, 2.05) is 44.2 Å². The topological polar surface area (TPSA) is 122 Å². The van der Waals surface area contributed by atoms with Crippen LogP contribution in [0.1, 0.15) is 33.1 Å². The number of sulfonamides is 1. The maximum absolute atomic E-state index is 13.4. The zero-order chi connectivity index (χ0) is 30.0. The van der Waals surface area contributed by atoms with Gasteiger partial charge in [-0.3, -0.25) is 0 Å². The van der Waals surface area contributed by atoms with E-state index in [1.54, 1.807) is 34.6 Å². The van der Waals surface area contributed by atoms with Crippen molar-refractivity contribution >= 4 is 30.6 Å². The quantitative estimate of drug-likeness (QED) is 0.335. The fourth-order valence-electron chi connectivity index (χ4n) is 5.78. The zero-order valence-corrected chi connectivity index (χ0v) is 25.7. The van der Waals surface area contributed by atoms with Gasteiger partial charge in [0.05, 0.1) is 27.8 Å². The van der Waals surface area contributed by atoms with Gasteiger partial charge in [0.15, 0.2) is 9.84 Å². The number of benzene rings is 3. The monoisotopic (exact) mass is 616 g/mol. The average molecular weight is 617 g/mol. The molecule has 0 aliphatic carbocycles. The van der Waals surface area contributed by atoms with Gasteiger partial charge in [0.2, 0.25) is 10.0 Å². The summed E-state index contributed by atoms with van der Waals surface area (Å²) in [5, 5.41) is 15.8. The molecule has 3 aromatic rings. The normalized spacial score (nSPS) is 20.3. The summed E-state index contributed by atoms with van der Waals surface area (Å²) in [4.78, 5) is 0.523. The van der Waals surface area contributed by atoms with Gasteiger partial charge in [-0.05, 0) is 66.3 Å². The first-order chi connectivity index (χ1) is 20.0. The summed E-state index contributed by atoms with van der Waals surface area (Å²) >= 11 is 0. The van der Waals surface area contributed by atoms with Gasteiger partial charge in [-0.2, -0.15) is 4.31 Å². The van der Waals surface area contributed by atoms with Crippen molar-refractivity contribution in [3.8, 4) is 5.75 Å². The van der Waals surface area contributed by atoms with E-state index in [1.165, 1.54) is 6.07 Å². The second kappa shape index (κ2) is 12.6. The largest absolute Gasteiger partial charge is 0.491 e. The molecular formula is C31H40N2O7S2. The first-order valence-electron chi connectivity index (χ1n) is 14.5. The van der Waals surface area contributed by atoms with E-state index in [9.17, 15) is 21.9 Å². The summed E-state index contributed by atoms with van der Waals surface area (Å²) < 4.78 is 65.2. The van der Waals surface area contributed by atoms with E-state index in [0.29, 0.717) is 43.2 Å². The minimum atomic E-state index is -3.60. The standard InChI is InChI=1S/C31H40N2O7S2/c1-23(2)22-41(35,36)29-9-5-8-28(17-29)39-21-27(34)19-32-26-18-31(40-20-26)12-14-33(15-13-31)42(37,38)30-11-10-24-6-3-4-7-25(24)16-30/h3-11,16-17,23,26-27,32,34H,12-15,18-22H2,1-2H3/t26?,27-/m0/s1. The van der Waals surface area contributed by atoms with Gasteiger partial charge in [-0.25, -0.2) is 16.8 Å². The van der Waals surface area contributed by atoms with Crippen LogP contribution < -0.4 is 10.1 Å². The number of piperidine rings is 1. The van der Waals surface area contributed by atoms with Crippen LogP contribution in [-0.4, -0.2) is 82.6 Å². The molecule has 228 valence electrons. The van der Waals surface area contributed by atoms with Gasteiger partial charge in [-0.1, -0.05) is 50.2 Å². The summed E-state index contributed by atoms with van der Waals surface area (Å²) in [6, 6.07) is 19.4. The van der Waals surface area contributed by atoms with Crippen molar-refractivity contribution in [2.24, 2.45) is 5.92 Å². The van der Waals surface area contributed by atoms with E-state index < -0.39 is 26.0 Å². The summed E-state index contributed by atoms with van der Waals surface area (Å²) in [6.07, 6.45) is 1.16. The second-order valence-electron chi connectivity index (χ2n) is 11.8. The molecule has 0 saturated carbocycles. The zero-order valence-electron chi connectivity index (χ0n) is 24.1. The maximum atomic E-state index is 13.4. The lowest BCUT2D eigenvalue weighted by Gasteiger charge is -2.38. The van der Waals surface area contributed by atoms with Gasteiger partial charge < -0.3 is 19.9 Å². The molecule has 0 bridgehead atoms. The van der Waals surface area contributed by atoms with E-state index in [-0.39, 0.29) is 41.4 Å². The van der Waals surface area contributed by atoms with Crippen molar-refractivity contribution < 1.29 is 31.4 Å². The van der Waals surface area contributed by atoms with Crippen LogP contribution in [-0.2, 0) is 24.6 Å². The van der Waals surface area contributed by atoms with Crippen molar-refractivity contribution in [1.29, 1.82) is 0 Å². The summed E-state index contributed by atoms with van der Waals surface area (Å²) in [5.41, 5.74) is -0.379. The Balaban J connectivity index is 1.08. The Morgan fingerprint density at radius 2 is 1.71 bits per heavy atom. The molecule has 11 heteroatoms. The van der Waals surface area contributed by atoms with Crippen LogP contribution in [0.5, 0.6) is 5.75 Å². The van der Waals surface area contributed by atoms with Crippen molar-refractivity contribution in [3.63, 3.8) is 0 Å². The highest BCUT2D eigenvalue weighted by molar-refractivity contribution is 7.91. The molecule has 3 aromatic carbocycles. The molecule has 1 unspecified atom stereocenters. The third-order valence-corrected chi connectivity index (χ3v) is 12.0. The fourth-order valence-corrected chi connectivity index (χ4v) is 8.91. The number of ether oxygens (including phenoxy) is 2. The highest BCUT2D eigenvalue weighted by atomic mass is 32.2. The highest BCUT2D eigenvalue weighted by Crippen LogP contribution is 2.37. The van der Waals surface area contributed by atoms with Crippen molar-refractivity contribution in [3.05, 3.63) is 66.7 Å². The number of aliphatic hydroxyl groups excluding tert-OH is 1. The number of fused-ring (bicyclic) bond motifs is 1. The summed E-state index contributed by atoms with van der Waals surface area (Å²) in [7, 11) is -6.99. The van der Waals surface area contributed by atoms with E-state index in [2.05, 4.69) is 5.32 Å². The Morgan fingerprint density at radius 3 is 2.45 bits per heavy atom. The number of sulfone groups is 1. The van der Waals surface area contributed by atoms with Crippen LogP contribution in [0.4, 0.5) is 0 Å². The lowest BCUT2D eigenvalue weighted by molar-refractivity contribution is -0.0312. The van der Waals surface area contributed by atoms with Crippen molar-refractivity contribution in [2.45, 2.75) is 60.6 Å². The number of nitrogens with zero attached hydrogens (tertiary/aromatic N) is 1. The molecule has 42 heavy (non-hydrogen) atoms. The van der Waals surface area contributed by atoms with Gasteiger partial charge in [0.1, 0.15) is 18.5 Å². The Bertz CT molecular complexity index is 1600. The van der Waals surface area contributed by atoms with Crippen molar-refractivity contribution in [2.75, 3.05) is 38.6 Å². The molecule has 2 aliphatic rings. The SMILES string of the molecule is CC(C)CS(=O)(=O)c1cccc(OC[C@@H](O)CNC2COC3(CCN(S(=O)(=O)c4ccc5ccccc5c4)CC3)C2)c1. The lowest BCUT2D eigenvalue weighted by Crippen LogP contribution is -2.47. The van der Waals surface area contributed by atoms with Gasteiger partial charge >= 0.3 is 0 Å². The third-order valence-electron chi connectivity index (χ3n) is 8.00. The molecule has 1 spiro atoms. The Kier molecular flexibility index (Phi) is 9.27. The lowest BCUT2D eigenvalue weighted by atomic mass is 9.88. The van der Waals surface area contributed by atoms with Gasteiger partial charge in [0, 0.05) is 25.7 Å². The molecule has 0 amide bonds. The van der Waals surface area contributed by atoms with Gasteiger partial charge in [-0.15, -0.1) is 0 Å². The number of rotatable bonds is 11. The molecule has 2 heterocycles. The minimum absolute atomic E-state index is 0.0149. The minimum Gasteiger partial charge on any atom is -0.491 e. The number of hydrogen-bond donors (Lipinski definition) is 2. The molecule has 2 atom stereocenters. The molecule has 2 aliphatic heterocycles. The predicted molar refractivity (Wildman–Crippen MR) is 162 cm³/mol. The smallest absolute Gasteiger partial charge is 0.243 e. The predicted octanol–water partition coefficient (Wildman–Crippen LogP) is 3.61. The Labute approximate surface area is 248 Å². The van der Waals surface area contributed by atoms with Crippen molar-refractivity contribution in [1.82, 2.24) is 9.62 Å². The van der Waals surface area contributed by atoms with E-state index >= 15 is 0 Å². The van der Waals surface area contributed by atoms with Crippen LogP contribution in [0.2, 0.25) is 0 Å². The average Bonchev–Trinajstić information content (AvgIpc) is 3.36. The Hall–Kier alpha value is -2.54. The number of hydrogen-bond acceptors (Lipinski definition) is 8. The highest BCUT2D eigenvalue weighted by Gasteiger charge is 2.44. The summed E-state index contributed by atoms with van der Waals surface area (Å²) in [6.45, 7) is 5.30. The van der Waals surface area contributed by atoms with Crippen LogP contribution in [0, 0.1) is 5.92 Å². The van der Waals surface area contributed by atoms with Crippen LogP contribution in [0.3, 0.4) is 0 Å². The molecular weight excluding hydrogens is 576 g/mol. The van der Waals surface area contributed by atoms with Gasteiger partial charge in [0.25, 0.3) is 0 Å². The second-order valence-corrected chi connectivity index (χ2v) is 15.8. The van der Waals surface area contributed by atoms with E-state index in [4.69, 9.17) is 9.47 Å². The fraction of sp³-hybridized carbons (Fsp3) is 0.484. The molecule has 5 rings (SSSR count). The van der Waals surface area contributed by atoms with Crippen LogP contribution in [0.15, 0.2) is 76.5 Å². The Morgan fingerprint density at radius 1 is 0.976 bits per heavy atom. The third kappa shape index (κ3) is 7.15. The van der Waals surface area contributed by atoms with Crippen LogP contribution >= 0.6 is 0 Å².